The summed E-state index contributed by atoms with van der Waals surface area (Å²) in [6.45, 7) is 4.70. The summed E-state index contributed by atoms with van der Waals surface area (Å²) in [7, 11) is 4.30. The first kappa shape index (κ1) is 14.4. The Morgan fingerprint density at radius 2 is 1.76 bits per heavy atom. The first-order chi connectivity index (χ1) is 10.1. The van der Waals surface area contributed by atoms with Gasteiger partial charge in [0.2, 0.25) is 0 Å². The third-order valence-corrected chi connectivity index (χ3v) is 4.54. The molecule has 1 aliphatic heterocycles. The predicted molar refractivity (Wildman–Crippen MR) is 88.6 cm³/mol. The third kappa shape index (κ3) is 2.41. The number of aromatic nitrogens is 1. The molecular weight excluding hydrogens is 262 g/mol. The number of para-hydroxylation sites is 1. The number of anilines is 1. The summed E-state index contributed by atoms with van der Waals surface area (Å²) in [5, 5.41) is 1.23. The van der Waals surface area contributed by atoms with Gasteiger partial charge in [0, 0.05) is 62.3 Å². The lowest BCUT2D eigenvalue weighted by Gasteiger charge is -2.35. The van der Waals surface area contributed by atoms with E-state index in [4.69, 9.17) is 11.5 Å². The predicted octanol–water partition coefficient (Wildman–Crippen LogP) is 0.889. The summed E-state index contributed by atoms with van der Waals surface area (Å²) in [4.78, 5) is 4.81. The van der Waals surface area contributed by atoms with E-state index in [1.807, 2.05) is 0 Å². The van der Waals surface area contributed by atoms with Gasteiger partial charge in [-0.15, -0.1) is 0 Å². The highest BCUT2D eigenvalue weighted by atomic mass is 15.3. The van der Waals surface area contributed by atoms with E-state index in [-0.39, 0.29) is 6.04 Å². The van der Waals surface area contributed by atoms with Gasteiger partial charge < -0.3 is 25.8 Å². The molecule has 1 atom stereocenters. The first-order valence-corrected chi connectivity index (χ1v) is 7.60. The molecule has 1 aliphatic rings. The minimum Gasteiger partial charge on any atom is -0.355 e. The fourth-order valence-electron chi connectivity index (χ4n) is 3.29. The molecule has 0 saturated carbocycles. The standard InChI is InChI=1S/C16H25N5/c1-19-7-9-21(10-8-19)16-15(13(18)11-17)12-5-3-4-6-14(12)20(16)2/h3-6,13H,7-11,17-18H2,1-2H3. The normalized spacial score (nSPS) is 18.4. The highest BCUT2D eigenvalue weighted by Crippen LogP contribution is 2.35. The quantitative estimate of drug-likeness (QED) is 0.880. The van der Waals surface area contributed by atoms with Crippen LogP contribution in [-0.2, 0) is 7.05 Å². The molecule has 0 radical (unpaired) electrons. The highest BCUT2D eigenvalue weighted by Gasteiger charge is 2.25. The van der Waals surface area contributed by atoms with Crippen molar-refractivity contribution in [3.8, 4) is 0 Å². The molecule has 4 N–H and O–H groups in total. The molecule has 0 aliphatic carbocycles. The van der Waals surface area contributed by atoms with Gasteiger partial charge in [-0.3, -0.25) is 0 Å². The van der Waals surface area contributed by atoms with Crippen LogP contribution in [0, 0.1) is 0 Å². The largest absolute Gasteiger partial charge is 0.355 e. The first-order valence-electron chi connectivity index (χ1n) is 7.60. The van der Waals surface area contributed by atoms with Gasteiger partial charge in [-0.25, -0.2) is 0 Å². The van der Waals surface area contributed by atoms with Crippen molar-refractivity contribution in [3.05, 3.63) is 29.8 Å². The van der Waals surface area contributed by atoms with Crippen LogP contribution >= 0.6 is 0 Å². The molecule has 21 heavy (non-hydrogen) atoms. The SMILES string of the molecule is CN1CCN(c2c(C(N)CN)c3ccccc3n2C)CC1. The van der Waals surface area contributed by atoms with Gasteiger partial charge in [-0.1, -0.05) is 18.2 Å². The van der Waals surface area contributed by atoms with Crippen molar-refractivity contribution in [3.63, 3.8) is 0 Å². The number of aryl methyl sites for hydroxylation is 1. The van der Waals surface area contributed by atoms with Crippen molar-refractivity contribution in [1.29, 1.82) is 0 Å². The van der Waals surface area contributed by atoms with Crippen molar-refractivity contribution in [1.82, 2.24) is 9.47 Å². The van der Waals surface area contributed by atoms with Crippen LogP contribution in [0.5, 0.6) is 0 Å². The van der Waals surface area contributed by atoms with Crippen LogP contribution in [0.3, 0.4) is 0 Å². The average Bonchev–Trinajstić information content (AvgIpc) is 2.81. The van der Waals surface area contributed by atoms with Gasteiger partial charge in [0.1, 0.15) is 5.82 Å². The van der Waals surface area contributed by atoms with Gasteiger partial charge in [-0.2, -0.15) is 0 Å². The lowest BCUT2D eigenvalue weighted by Crippen LogP contribution is -2.45. The lowest BCUT2D eigenvalue weighted by atomic mass is 10.0. The maximum atomic E-state index is 6.33. The van der Waals surface area contributed by atoms with E-state index < -0.39 is 0 Å². The molecule has 1 aromatic carbocycles. The number of hydrogen-bond acceptors (Lipinski definition) is 4. The van der Waals surface area contributed by atoms with Crippen molar-refractivity contribution in [2.45, 2.75) is 6.04 Å². The second-order valence-electron chi connectivity index (χ2n) is 5.95. The minimum absolute atomic E-state index is 0.120. The molecule has 5 nitrogen and oxygen atoms in total. The average molecular weight is 287 g/mol. The maximum absolute atomic E-state index is 6.33. The van der Waals surface area contributed by atoms with E-state index in [1.165, 1.54) is 22.3 Å². The second-order valence-corrected chi connectivity index (χ2v) is 5.95. The molecule has 2 heterocycles. The molecule has 1 fully saturated rings. The number of nitrogens with two attached hydrogens (primary N) is 2. The molecular formula is C16H25N5. The maximum Gasteiger partial charge on any atom is 0.114 e. The molecule has 114 valence electrons. The van der Waals surface area contributed by atoms with Crippen molar-refractivity contribution < 1.29 is 0 Å². The van der Waals surface area contributed by atoms with Gasteiger partial charge in [0.05, 0.1) is 0 Å². The molecule has 5 heteroatoms. The van der Waals surface area contributed by atoms with E-state index >= 15 is 0 Å². The number of benzene rings is 1. The number of hydrogen-bond donors (Lipinski definition) is 2. The fourth-order valence-corrected chi connectivity index (χ4v) is 3.29. The Balaban J connectivity index is 2.13. The molecule has 2 aromatic rings. The van der Waals surface area contributed by atoms with Crippen LogP contribution in [0.2, 0.25) is 0 Å². The topological polar surface area (TPSA) is 63.4 Å². The van der Waals surface area contributed by atoms with Crippen LogP contribution in [0.4, 0.5) is 5.82 Å². The van der Waals surface area contributed by atoms with E-state index in [2.05, 4.69) is 52.7 Å². The molecule has 0 spiro atoms. The molecule has 0 bridgehead atoms. The van der Waals surface area contributed by atoms with Crippen LogP contribution in [-0.4, -0.2) is 49.2 Å². The summed E-state index contributed by atoms with van der Waals surface area (Å²) >= 11 is 0. The Labute approximate surface area is 126 Å². The van der Waals surface area contributed by atoms with E-state index in [1.54, 1.807) is 0 Å². The summed E-state index contributed by atoms with van der Waals surface area (Å²) < 4.78 is 2.27. The highest BCUT2D eigenvalue weighted by molar-refractivity contribution is 5.90. The Bertz CT molecular complexity index is 625. The van der Waals surface area contributed by atoms with Crippen molar-refractivity contribution >= 4 is 16.7 Å². The third-order valence-electron chi connectivity index (χ3n) is 4.54. The summed E-state index contributed by atoms with van der Waals surface area (Å²) in [6, 6.07) is 8.34. The summed E-state index contributed by atoms with van der Waals surface area (Å²) in [5.74, 6) is 1.24. The van der Waals surface area contributed by atoms with Gasteiger partial charge >= 0.3 is 0 Å². The minimum atomic E-state index is -0.120. The number of piperazine rings is 1. The Morgan fingerprint density at radius 1 is 1.10 bits per heavy atom. The van der Waals surface area contributed by atoms with Crippen LogP contribution in [0.15, 0.2) is 24.3 Å². The van der Waals surface area contributed by atoms with Gasteiger partial charge in [-0.05, 0) is 13.1 Å². The lowest BCUT2D eigenvalue weighted by molar-refractivity contribution is 0.311. The number of fused-ring (bicyclic) bond motifs is 1. The van der Waals surface area contributed by atoms with Crippen LogP contribution in [0.1, 0.15) is 11.6 Å². The van der Waals surface area contributed by atoms with Crippen molar-refractivity contribution in [2.24, 2.45) is 18.5 Å². The number of likely N-dealkylation sites (N-methyl/N-ethyl adjacent to an activating group) is 1. The van der Waals surface area contributed by atoms with E-state index in [0.717, 1.165) is 26.2 Å². The smallest absolute Gasteiger partial charge is 0.114 e. The summed E-state index contributed by atoms with van der Waals surface area (Å²) in [6.07, 6.45) is 0. The van der Waals surface area contributed by atoms with Crippen LogP contribution < -0.4 is 16.4 Å². The van der Waals surface area contributed by atoms with Gasteiger partial charge in [0.15, 0.2) is 0 Å². The Kier molecular flexibility index (Phi) is 3.89. The molecule has 1 aromatic heterocycles. The Morgan fingerprint density at radius 3 is 2.43 bits per heavy atom. The zero-order valence-electron chi connectivity index (χ0n) is 12.9. The fraction of sp³-hybridized carbons (Fsp3) is 0.500. The van der Waals surface area contributed by atoms with Crippen LogP contribution in [0.25, 0.3) is 10.9 Å². The van der Waals surface area contributed by atoms with Crippen molar-refractivity contribution in [2.75, 3.05) is 44.7 Å². The van der Waals surface area contributed by atoms with Gasteiger partial charge in [0.25, 0.3) is 0 Å². The number of nitrogens with zero attached hydrogens (tertiary/aromatic N) is 3. The van der Waals surface area contributed by atoms with E-state index in [9.17, 15) is 0 Å². The molecule has 1 saturated heterocycles. The summed E-state index contributed by atoms with van der Waals surface area (Å²) in [5.41, 5.74) is 14.6. The monoisotopic (exact) mass is 287 g/mol. The van der Waals surface area contributed by atoms with E-state index in [0.29, 0.717) is 6.54 Å². The zero-order valence-corrected chi connectivity index (χ0v) is 12.9. The molecule has 1 unspecified atom stereocenters. The Hall–Kier alpha value is -1.56. The second kappa shape index (κ2) is 5.67. The molecule has 3 rings (SSSR count). The molecule has 0 amide bonds. The zero-order chi connectivity index (χ0) is 15.0. The number of rotatable bonds is 3.